The average molecular weight is 294 g/mol. The first-order chi connectivity index (χ1) is 10.2. The highest BCUT2D eigenvalue weighted by atomic mass is 16.2. The van der Waals surface area contributed by atoms with Gasteiger partial charge in [0.25, 0.3) is 0 Å². The maximum absolute atomic E-state index is 12.7. The fraction of sp³-hybridized carbons (Fsp3) is 0.944. The van der Waals surface area contributed by atoms with E-state index in [1.54, 1.807) is 0 Å². The number of hydrogen-bond acceptors (Lipinski definition) is 2. The monoisotopic (exact) mass is 294 g/mol. The van der Waals surface area contributed by atoms with Gasteiger partial charge in [-0.3, -0.25) is 4.79 Å². The lowest BCUT2D eigenvalue weighted by atomic mass is 9.95. The zero-order chi connectivity index (χ0) is 15.1. The van der Waals surface area contributed by atoms with E-state index < -0.39 is 0 Å². The minimum absolute atomic E-state index is 0.326. The summed E-state index contributed by atoms with van der Waals surface area (Å²) < 4.78 is 0. The van der Waals surface area contributed by atoms with Gasteiger partial charge in [0.1, 0.15) is 0 Å². The summed E-state index contributed by atoms with van der Waals surface area (Å²) in [5.41, 5.74) is 0. The third kappa shape index (κ3) is 5.61. The lowest BCUT2D eigenvalue weighted by Gasteiger charge is -2.34. The third-order valence-electron chi connectivity index (χ3n) is 5.21. The maximum Gasteiger partial charge on any atom is 0.223 e. The molecule has 3 heteroatoms. The number of rotatable bonds is 5. The number of nitrogens with one attached hydrogen (secondary N) is 1. The topological polar surface area (TPSA) is 32.3 Å². The van der Waals surface area contributed by atoms with Gasteiger partial charge >= 0.3 is 0 Å². The first-order valence-corrected chi connectivity index (χ1v) is 9.19. The molecule has 0 radical (unpaired) electrons. The number of hydrogen-bond donors (Lipinski definition) is 1. The third-order valence-corrected chi connectivity index (χ3v) is 5.21. The molecule has 21 heavy (non-hydrogen) atoms. The molecule has 0 aromatic heterocycles. The summed E-state index contributed by atoms with van der Waals surface area (Å²) in [5, 5.41) is 3.58. The second-order valence-corrected chi connectivity index (χ2v) is 7.35. The van der Waals surface area contributed by atoms with Gasteiger partial charge in [-0.1, -0.05) is 32.1 Å². The van der Waals surface area contributed by atoms with Crippen molar-refractivity contribution in [1.82, 2.24) is 10.2 Å². The van der Waals surface area contributed by atoms with E-state index in [0.29, 0.717) is 23.9 Å². The van der Waals surface area contributed by atoms with Crippen molar-refractivity contribution in [2.75, 3.05) is 13.1 Å². The van der Waals surface area contributed by atoms with Gasteiger partial charge < -0.3 is 10.2 Å². The van der Waals surface area contributed by atoms with Crippen molar-refractivity contribution >= 4 is 5.91 Å². The van der Waals surface area contributed by atoms with Gasteiger partial charge in [0.15, 0.2) is 0 Å². The van der Waals surface area contributed by atoms with Crippen molar-refractivity contribution in [1.29, 1.82) is 0 Å². The molecule has 2 rings (SSSR count). The molecule has 1 heterocycles. The summed E-state index contributed by atoms with van der Waals surface area (Å²) in [6.07, 6.45) is 12.5. The fourth-order valence-corrected chi connectivity index (χ4v) is 3.85. The second kappa shape index (κ2) is 8.77. The van der Waals surface area contributed by atoms with Gasteiger partial charge in [-0.2, -0.15) is 0 Å². The summed E-state index contributed by atoms with van der Waals surface area (Å²) in [7, 11) is 0. The number of carbonyl (C=O) groups excluding carboxylic acids is 1. The van der Waals surface area contributed by atoms with Crippen LogP contribution >= 0.6 is 0 Å². The molecular weight excluding hydrogens is 260 g/mol. The van der Waals surface area contributed by atoms with E-state index in [9.17, 15) is 4.79 Å². The fourth-order valence-electron chi connectivity index (χ4n) is 3.85. The summed E-state index contributed by atoms with van der Waals surface area (Å²) in [4.78, 5) is 14.9. The predicted octanol–water partition coefficient (Wildman–Crippen LogP) is 3.73. The van der Waals surface area contributed by atoms with Crippen molar-refractivity contribution in [2.24, 2.45) is 5.92 Å². The summed E-state index contributed by atoms with van der Waals surface area (Å²) in [5.74, 6) is 1.03. The molecule has 0 spiro atoms. The van der Waals surface area contributed by atoms with Crippen LogP contribution in [0.3, 0.4) is 0 Å². The van der Waals surface area contributed by atoms with E-state index in [2.05, 4.69) is 24.1 Å². The van der Waals surface area contributed by atoms with E-state index in [1.165, 1.54) is 57.8 Å². The molecule has 0 aromatic carbocycles. The standard InChI is InChI=1S/C18H34N2O/c1-15(2)20(14-17-11-7-8-12-19-17)18(21)13-16-9-5-3-4-6-10-16/h15-17,19H,3-14H2,1-2H3. The Hall–Kier alpha value is -0.570. The highest BCUT2D eigenvalue weighted by Gasteiger charge is 2.25. The normalized spacial score (nSPS) is 24.8. The number of piperidine rings is 1. The summed E-state index contributed by atoms with van der Waals surface area (Å²) >= 11 is 0. The molecule has 3 nitrogen and oxygen atoms in total. The SMILES string of the molecule is CC(C)N(CC1CCCCN1)C(=O)CC1CCCCCC1. The molecule has 1 aliphatic heterocycles. The van der Waals surface area contributed by atoms with Crippen LogP contribution in [-0.4, -0.2) is 36.0 Å². The van der Waals surface area contributed by atoms with Crippen LogP contribution in [0.2, 0.25) is 0 Å². The zero-order valence-corrected chi connectivity index (χ0v) is 14.1. The molecule has 1 saturated heterocycles. The smallest absolute Gasteiger partial charge is 0.223 e. The zero-order valence-electron chi connectivity index (χ0n) is 14.1. The van der Waals surface area contributed by atoms with Gasteiger partial charge in [0.05, 0.1) is 0 Å². The molecule has 0 aromatic rings. The Morgan fingerprint density at radius 2 is 1.71 bits per heavy atom. The average Bonchev–Trinajstić information content (AvgIpc) is 2.74. The Bertz CT molecular complexity index is 302. The molecule has 122 valence electrons. The van der Waals surface area contributed by atoms with Crippen LogP contribution in [0, 0.1) is 5.92 Å². The van der Waals surface area contributed by atoms with Crippen LogP contribution in [0.4, 0.5) is 0 Å². The summed E-state index contributed by atoms with van der Waals surface area (Å²) in [6, 6.07) is 0.839. The van der Waals surface area contributed by atoms with E-state index in [4.69, 9.17) is 0 Å². The highest BCUT2D eigenvalue weighted by molar-refractivity contribution is 5.76. The quantitative estimate of drug-likeness (QED) is 0.784. The van der Waals surface area contributed by atoms with Gasteiger partial charge in [0, 0.05) is 25.0 Å². The van der Waals surface area contributed by atoms with E-state index in [-0.39, 0.29) is 0 Å². The second-order valence-electron chi connectivity index (χ2n) is 7.35. The Labute approximate surface area is 130 Å². The molecular formula is C18H34N2O. The minimum atomic E-state index is 0.326. The van der Waals surface area contributed by atoms with E-state index in [1.807, 2.05) is 0 Å². The Morgan fingerprint density at radius 3 is 2.29 bits per heavy atom. The van der Waals surface area contributed by atoms with Crippen LogP contribution in [0.15, 0.2) is 0 Å². The maximum atomic E-state index is 12.7. The summed E-state index contributed by atoms with van der Waals surface area (Å²) in [6.45, 7) is 6.35. The Morgan fingerprint density at radius 1 is 1.05 bits per heavy atom. The highest BCUT2D eigenvalue weighted by Crippen LogP contribution is 2.26. The van der Waals surface area contributed by atoms with Gasteiger partial charge in [-0.25, -0.2) is 0 Å². The molecule has 1 unspecified atom stereocenters. The van der Waals surface area contributed by atoms with Crippen molar-refractivity contribution in [3.05, 3.63) is 0 Å². The van der Waals surface area contributed by atoms with Crippen LogP contribution in [-0.2, 0) is 4.79 Å². The van der Waals surface area contributed by atoms with Crippen molar-refractivity contribution in [3.8, 4) is 0 Å². The first-order valence-electron chi connectivity index (χ1n) is 9.19. The molecule has 1 atom stereocenters. The lowest BCUT2D eigenvalue weighted by Crippen LogP contribution is -2.48. The van der Waals surface area contributed by atoms with Crippen LogP contribution in [0.5, 0.6) is 0 Å². The number of amides is 1. The molecule has 0 bridgehead atoms. The molecule has 2 fully saturated rings. The van der Waals surface area contributed by atoms with Gasteiger partial charge in [-0.15, -0.1) is 0 Å². The Balaban J connectivity index is 1.85. The molecule has 1 amide bonds. The Kier molecular flexibility index (Phi) is 7.01. The first kappa shape index (κ1) is 16.8. The molecule has 1 N–H and O–H groups in total. The van der Waals surface area contributed by atoms with Gasteiger partial charge in [0.2, 0.25) is 5.91 Å². The van der Waals surface area contributed by atoms with E-state index in [0.717, 1.165) is 19.5 Å². The van der Waals surface area contributed by atoms with Crippen LogP contribution < -0.4 is 5.32 Å². The van der Waals surface area contributed by atoms with E-state index >= 15 is 0 Å². The van der Waals surface area contributed by atoms with Crippen LogP contribution in [0.1, 0.15) is 78.1 Å². The predicted molar refractivity (Wildman–Crippen MR) is 88.3 cm³/mol. The van der Waals surface area contributed by atoms with Gasteiger partial charge in [-0.05, 0) is 52.0 Å². The van der Waals surface area contributed by atoms with Crippen molar-refractivity contribution in [3.63, 3.8) is 0 Å². The lowest BCUT2D eigenvalue weighted by molar-refractivity contribution is -0.134. The molecule has 2 aliphatic rings. The van der Waals surface area contributed by atoms with Crippen molar-refractivity contribution < 1.29 is 4.79 Å². The van der Waals surface area contributed by atoms with Crippen molar-refractivity contribution in [2.45, 2.75) is 90.1 Å². The number of nitrogens with zero attached hydrogens (tertiary/aromatic N) is 1. The van der Waals surface area contributed by atoms with Crippen LogP contribution in [0.25, 0.3) is 0 Å². The largest absolute Gasteiger partial charge is 0.339 e. The molecule has 1 aliphatic carbocycles. The molecule has 1 saturated carbocycles. The number of carbonyl (C=O) groups is 1. The minimum Gasteiger partial charge on any atom is -0.339 e.